The van der Waals surface area contributed by atoms with Crippen molar-refractivity contribution in [1.29, 1.82) is 0 Å². The maximum absolute atomic E-state index is 12.8. The summed E-state index contributed by atoms with van der Waals surface area (Å²) in [5.41, 5.74) is 0. The van der Waals surface area contributed by atoms with Gasteiger partial charge in [0.05, 0.1) is 13.2 Å². The van der Waals surface area contributed by atoms with Crippen molar-refractivity contribution < 1.29 is 49.0 Å². The number of carbonyl (C=O) groups is 2. The average molecular weight is 865 g/mol. The Morgan fingerprint density at radius 1 is 0.508 bits per heavy atom. The first-order valence-corrected chi connectivity index (χ1v) is 25.1. The summed E-state index contributed by atoms with van der Waals surface area (Å²) < 4.78 is 22.2. The van der Waals surface area contributed by atoms with Crippen molar-refractivity contribution >= 4 is 11.9 Å². The third-order valence-electron chi connectivity index (χ3n) is 11.5. The molecule has 10 nitrogen and oxygen atoms in total. The molecule has 0 saturated carbocycles. The van der Waals surface area contributed by atoms with Crippen molar-refractivity contribution in [2.24, 2.45) is 0 Å². The SMILES string of the molecule is CCCCCC/C=C\CCCCCCCC(=O)OCC(COC1OC(CO)C(O)C(O)C1O)OC(=O)CCCCCCCCCCCCC/C=C\C/C=C\CCCCCCC. The summed E-state index contributed by atoms with van der Waals surface area (Å²) in [6, 6.07) is 0. The van der Waals surface area contributed by atoms with Crippen molar-refractivity contribution in [2.75, 3.05) is 19.8 Å². The van der Waals surface area contributed by atoms with Crippen molar-refractivity contribution in [3.63, 3.8) is 0 Å². The van der Waals surface area contributed by atoms with Crippen LogP contribution in [0, 0.1) is 0 Å². The van der Waals surface area contributed by atoms with Gasteiger partial charge in [0.15, 0.2) is 12.4 Å². The highest BCUT2D eigenvalue weighted by atomic mass is 16.7. The monoisotopic (exact) mass is 865 g/mol. The van der Waals surface area contributed by atoms with E-state index in [-0.39, 0.29) is 32.0 Å². The number of esters is 2. The number of hydrogen-bond donors (Lipinski definition) is 4. The summed E-state index contributed by atoms with van der Waals surface area (Å²) in [6.45, 7) is 3.40. The Morgan fingerprint density at radius 3 is 1.39 bits per heavy atom. The predicted molar refractivity (Wildman–Crippen MR) is 247 cm³/mol. The molecule has 0 aromatic heterocycles. The third kappa shape index (κ3) is 33.1. The molecule has 1 aliphatic heterocycles. The molecule has 1 aliphatic rings. The van der Waals surface area contributed by atoms with E-state index in [2.05, 4.69) is 50.3 Å². The summed E-state index contributed by atoms with van der Waals surface area (Å²) in [7, 11) is 0. The summed E-state index contributed by atoms with van der Waals surface area (Å²) in [5, 5.41) is 40.1. The van der Waals surface area contributed by atoms with Gasteiger partial charge in [0, 0.05) is 12.8 Å². The van der Waals surface area contributed by atoms with Crippen LogP contribution in [-0.2, 0) is 28.5 Å². The van der Waals surface area contributed by atoms with E-state index >= 15 is 0 Å². The Bertz CT molecular complexity index is 1090. The molecule has 61 heavy (non-hydrogen) atoms. The van der Waals surface area contributed by atoms with E-state index in [1.807, 2.05) is 0 Å². The highest BCUT2D eigenvalue weighted by Gasteiger charge is 2.44. The van der Waals surface area contributed by atoms with Gasteiger partial charge in [0.2, 0.25) is 0 Å². The first-order chi connectivity index (χ1) is 29.8. The van der Waals surface area contributed by atoms with Crippen LogP contribution in [0.15, 0.2) is 36.5 Å². The summed E-state index contributed by atoms with van der Waals surface area (Å²) >= 11 is 0. The van der Waals surface area contributed by atoms with Gasteiger partial charge in [-0.15, -0.1) is 0 Å². The number of aliphatic hydroxyl groups is 4. The fourth-order valence-corrected chi connectivity index (χ4v) is 7.51. The van der Waals surface area contributed by atoms with Gasteiger partial charge in [-0.05, 0) is 70.6 Å². The zero-order chi connectivity index (χ0) is 44.4. The average Bonchev–Trinajstić information content (AvgIpc) is 3.26. The summed E-state index contributed by atoms with van der Waals surface area (Å²) in [5.74, 6) is -0.814. The van der Waals surface area contributed by atoms with Gasteiger partial charge < -0.3 is 39.4 Å². The van der Waals surface area contributed by atoms with E-state index in [9.17, 15) is 30.0 Å². The van der Waals surface area contributed by atoms with Gasteiger partial charge in [0.25, 0.3) is 0 Å². The molecule has 1 fully saturated rings. The second kappa shape index (κ2) is 41.9. The van der Waals surface area contributed by atoms with Crippen LogP contribution in [0.2, 0.25) is 0 Å². The standard InChI is InChI=1S/C51H92O10/c1-3-5-7-9-11-13-15-17-18-19-20-21-22-23-24-25-26-28-30-32-34-36-38-40-47(54)60-44(43-59-51-50(57)49(56)48(55)45(41-52)61-51)42-58-46(53)39-37-35-33-31-29-27-16-14-12-10-8-6-4-2/h14-17,19-20,44-45,48-52,55-57H,3-13,18,21-43H2,1-2H3/b16-14-,17-15-,20-19-. The molecule has 1 heterocycles. The van der Waals surface area contributed by atoms with Crippen molar-refractivity contribution in [3.05, 3.63) is 36.5 Å². The van der Waals surface area contributed by atoms with Crippen LogP contribution in [-0.4, -0.2) is 89.0 Å². The Morgan fingerprint density at radius 2 is 0.918 bits per heavy atom. The molecule has 0 aromatic carbocycles. The zero-order valence-corrected chi connectivity index (χ0v) is 38.9. The first-order valence-electron chi connectivity index (χ1n) is 25.1. The van der Waals surface area contributed by atoms with Crippen LogP contribution in [0.5, 0.6) is 0 Å². The Kier molecular flexibility index (Phi) is 39.1. The van der Waals surface area contributed by atoms with Crippen LogP contribution >= 0.6 is 0 Å². The number of aliphatic hydroxyl groups excluding tert-OH is 4. The lowest BCUT2D eigenvalue weighted by atomic mass is 9.99. The summed E-state index contributed by atoms with van der Waals surface area (Å²) in [4.78, 5) is 25.4. The van der Waals surface area contributed by atoms with E-state index in [0.717, 1.165) is 57.8 Å². The largest absolute Gasteiger partial charge is 0.462 e. The maximum atomic E-state index is 12.8. The lowest BCUT2D eigenvalue weighted by Crippen LogP contribution is -2.59. The molecular formula is C51H92O10. The predicted octanol–water partition coefficient (Wildman–Crippen LogP) is 11.4. The minimum Gasteiger partial charge on any atom is -0.462 e. The molecule has 0 amide bonds. The molecule has 6 atom stereocenters. The summed E-state index contributed by atoms with van der Waals surface area (Å²) in [6.07, 6.45) is 41.5. The fraction of sp³-hybridized carbons (Fsp3) is 0.843. The molecule has 0 aliphatic carbocycles. The van der Waals surface area contributed by atoms with Crippen LogP contribution < -0.4 is 0 Å². The fourth-order valence-electron chi connectivity index (χ4n) is 7.51. The van der Waals surface area contributed by atoms with E-state index in [4.69, 9.17) is 18.9 Å². The molecule has 6 unspecified atom stereocenters. The molecule has 0 spiro atoms. The van der Waals surface area contributed by atoms with Crippen molar-refractivity contribution in [2.45, 2.75) is 256 Å². The van der Waals surface area contributed by atoms with E-state index in [1.54, 1.807) is 0 Å². The lowest BCUT2D eigenvalue weighted by Gasteiger charge is -2.39. The minimum absolute atomic E-state index is 0.221. The van der Waals surface area contributed by atoms with E-state index in [1.165, 1.54) is 122 Å². The Hall–Kier alpha value is -2.08. The van der Waals surface area contributed by atoms with Crippen LogP contribution in [0.3, 0.4) is 0 Å². The number of unbranched alkanes of at least 4 members (excludes halogenated alkanes) is 25. The van der Waals surface area contributed by atoms with Gasteiger partial charge in [-0.25, -0.2) is 0 Å². The normalized spacial score (nSPS) is 20.0. The highest BCUT2D eigenvalue weighted by molar-refractivity contribution is 5.70. The zero-order valence-electron chi connectivity index (χ0n) is 38.9. The lowest BCUT2D eigenvalue weighted by molar-refractivity contribution is -0.305. The number of allylic oxidation sites excluding steroid dienone is 6. The molecule has 0 aromatic rings. The molecule has 10 heteroatoms. The number of carbonyl (C=O) groups excluding carboxylic acids is 2. The second-order valence-corrected chi connectivity index (χ2v) is 17.3. The van der Waals surface area contributed by atoms with Crippen molar-refractivity contribution in [1.82, 2.24) is 0 Å². The van der Waals surface area contributed by atoms with E-state index < -0.39 is 49.4 Å². The van der Waals surface area contributed by atoms with Gasteiger partial charge >= 0.3 is 11.9 Å². The van der Waals surface area contributed by atoms with E-state index in [0.29, 0.717) is 12.8 Å². The molecule has 4 N–H and O–H groups in total. The van der Waals surface area contributed by atoms with Gasteiger partial charge in [-0.1, -0.05) is 172 Å². The molecule has 1 saturated heterocycles. The van der Waals surface area contributed by atoms with Crippen molar-refractivity contribution in [3.8, 4) is 0 Å². The van der Waals surface area contributed by atoms with Gasteiger partial charge in [-0.2, -0.15) is 0 Å². The van der Waals surface area contributed by atoms with Gasteiger partial charge in [0.1, 0.15) is 31.0 Å². The minimum atomic E-state index is -1.60. The number of ether oxygens (including phenoxy) is 4. The highest BCUT2D eigenvalue weighted by Crippen LogP contribution is 2.23. The molecule has 1 rings (SSSR count). The van der Waals surface area contributed by atoms with Crippen LogP contribution in [0.1, 0.15) is 219 Å². The molecule has 356 valence electrons. The Labute approximate surface area is 372 Å². The smallest absolute Gasteiger partial charge is 0.306 e. The second-order valence-electron chi connectivity index (χ2n) is 17.3. The van der Waals surface area contributed by atoms with Crippen LogP contribution in [0.4, 0.5) is 0 Å². The molecule has 0 bridgehead atoms. The molecular weight excluding hydrogens is 773 g/mol. The number of hydrogen-bond acceptors (Lipinski definition) is 10. The molecule has 0 radical (unpaired) electrons. The maximum Gasteiger partial charge on any atom is 0.306 e. The first kappa shape index (κ1) is 56.9. The van der Waals surface area contributed by atoms with Gasteiger partial charge in [-0.3, -0.25) is 9.59 Å². The number of rotatable bonds is 42. The topological polar surface area (TPSA) is 152 Å². The third-order valence-corrected chi connectivity index (χ3v) is 11.5. The quantitative estimate of drug-likeness (QED) is 0.0265. The Balaban J connectivity index is 2.25. The van der Waals surface area contributed by atoms with Crippen LogP contribution in [0.25, 0.3) is 0 Å².